The zero-order chi connectivity index (χ0) is 9.20. The summed E-state index contributed by atoms with van der Waals surface area (Å²) < 4.78 is 0. The molecule has 0 heteroatoms. The first kappa shape index (κ1) is 8.59. The molecule has 2 fully saturated rings. The van der Waals surface area contributed by atoms with Crippen molar-refractivity contribution in [3.05, 3.63) is 0 Å². The Balaban J connectivity index is 2.46. The number of hydrogen-bond donors (Lipinski definition) is 0. The zero-order valence-electron chi connectivity index (χ0n) is 9.20. The molecule has 0 aromatic rings. The normalized spacial score (nSPS) is 48.2. The Kier molecular flexibility index (Phi) is 1.37. The van der Waals surface area contributed by atoms with E-state index in [2.05, 4.69) is 34.6 Å². The summed E-state index contributed by atoms with van der Waals surface area (Å²) in [5.41, 5.74) is 1.75. The van der Waals surface area contributed by atoms with Crippen LogP contribution >= 0.6 is 0 Å². The van der Waals surface area contributed by atoms with Crippen molar-refractivity contribution in [3.8, 4) is 0 Å². The van der Waals surface area contributed by atoms with Crippen LogP contribution in [0.4, 0.5) is 0 Å². The van der Waals surface area contributed by atoms with Crippen LogP contribution in [0.2, 0.25) is 0 Å². The molecule has 70 valence electrons. The molecule has 2 unspecified atom stereocenters. The summed E-state index contributed by atoms with van der Waals surface area (Å²) in [5, 5.41) is 0. The van der Waals surface area contributed by atoms with E-state index in [9.17, 15) is 0 Å². The predicted octanol–water partition coefficient (Wildman–Crippen LogP) is 3.86. The van der Waals surface area contributed by atoms with Crippen LogP contribution in [0.25, 0.3) is 0 Å². The summed E-state index contributed by atoms with van der Waals surface area (Å²) in [6, 6.07) is 0. The number of hydrogen-bond acceptors (Lipinski definition) is 0. The van der Waals surface area contributed by atoms with E-state index in [1.54, 1.807) is 0 Å². The molecule has 0 spiro atoms. The lowest BCUT2D eigenvalue weighted by molar-refractivity contribution is -0.0111. The first-order chi connectivity index (χ1) is 5.31. The summed E-state index contributed by atoms with van der Waals surface area (Å²) >= 11 is 0. The van der Waals surface area contributed by atoms with Gasteiger partial charge in [0.15, 0.2) is 0 Å². The van der Waals surface area contributed by atoms with Crippen molar-refractivity contribution in [3.63, 3.8) is 0 Å². The lowest BCUT2D eigenvalue weighted by Gasteiger charge is -2.50. The van der Waals surface area contributed by atoms with Crippen molar-refractivity contribution in [1.29, 1.82) is 0 Å². The average molecular weight is 166 g/mol. The Labute approximate surface area is 76.7 Å². The molecule has 0 aromatic carbocycles. The fourth-order valence-corrected chi connectivity index (χ4v) is 3.71. The molecule has 0 nitrogen and oxygen atoms in total. The van der Waals surface area contributed by atoms with Crippen LogP contribution in [-0.4, -0.2) is 0 Å². The van der Waals surface area contributed by atoms with Crippen LogP contribution in [0.5, 0.6) is 0 Å². The SMILES string of the molecule is CC12CCC(C1)C(C)(C)C2(C)C. The second-order valence-electron chi connectivity index (χ2n) is 6.35. The minimum atomic E-state index is 0.545. The molecule has 2 rings (SSSR count). The van der Waals surface area contributed by atoms with Gasteiger partial charge < -0.3 is 0 Å². The van der Waals surface area contributed by atoms with Gasteiger partial charge in [0.25, 0.3) is 0 Å². The van der Waals surface area contributed by atoms with E-state index >= 15 is 0 Å². The molecular weight excluding hydrogens is 144 g/mol. The molecule has 0 radical (unpaired) electrons. The minimum Gasteiger partial charge on any atom is -0.0591 e. The van der Waals surface area contributed by atoms with Gasteiger partial charge in [-0.15, -0.1) is 0 Å². The second-order valence-corrected chi connectivity index (χ2v) is 6.35. The highest BCUT2D eigenvalue weighted by Gasteiger charge is 2.63. The molecule has 2 aliphatic rings. The van der Waals surface area contributed by atoms with Crippen molar-refractivity contribution in [2.75, 3.05) is 0 Å². The third kappa shape index (κ3) is 0.661. The lowest BCUT2D eigenvalue weighted by atomic mass is 9.55. The maximum absolute atomic E-state index is 2.50. The van der Waals surface area contributed by atoms with Gasteiger partial charge in [-0.05, 0) is 41.4 Å². The van der Waals surface area contributed by atoms with Crippen LogP contribution < -0.4 is 0 Å². The van der Waals surface area contributed by atoms with Gasteiger partial charge in [0.05, 0.1) is 0 Å². The summed E-state index contributed by atoms with van der Waals surface area (Å²) in [4.78, 5) is 0. The highest BCUT2D eigenvalue weighted by Crippen LogP contribution is 2.72. The largest absolute Gasteiger partial charge is 0.0591 e. The van der Waals surface area contributed by atoms with Crippen LogP contribution in [0.1, 0.15) is 53.9 Å². The Bertz CT molecular complexity index is 205. The molecule has 0 aliphatic heterocycles. The Morgan fingerprint density at radius 3 is 1.83 bits per heavy atom. The molecule has 0 N–H and O–H groups in total. The number of rotatable bonds is 0. The van der Waals surface area contributed by atoms with Crippen molar-refractivity contribution < 1.29 is 0 Å². The topological polar surface area (TPSA) is 0 Å². The quantitative estimate of drug-likeness (QED) is 0.512. The van der Waals surface area contributed by atoms with Gasteiger partial charge in [-0.2, -0.15) is 0 Å². The Morgan fingerprint density at radius 1 is 1.00 bits per heavy atom. The van der Waals surface area contributed by atoms with Gasteiger partial charge >= 0.3 is 0 Å². The lowest BCUT2D eigenvalue weighted by Crippen LogP contribution is -2.42. The van der Waals surface area contributed by atoms with E-state index in [1.807, 2.05) is 0 Å². The van der Waals surface area contributed by atoms with Crippen molar-refractivity contribution >= 4 is 0 Å². The minimum absolute atomic E-state index is 0.545. The van der Waals surface area contributed by atoms with E-state index in [4.69, 9.17) is 0 Å². The number of fused-ring (bicyclic) bond motifs is 2. The van der Waals surface area contributed by atoms with Gasteiger partial charge in [-0.1, -0.05) is 34.6 Å². The van der Waals surface area contributed by atoms with E-state index in [0.717, 1.165) is 5.92 Å². The van der Waals surface area contributed by atoms with E-state index < -0.39 is 0 Å². The molecule has 0 amide bonds. The molecule has 2 atom stereocenters. The molecule has 2 bridgehead atoms. The average Bonchev–Trinajstić information content (AvgIpc) is 2.36. The van der Waals surface area contributed by atoms with Gasteiger partial charge in [-0.25, -0.2) is 0 Å². The van der Waals surface area contributed by atoms with Crippen LogP contribution in [0.3, 0.4) is 0 Å². The summed E-state index contributed by atoms with van der Waals surface area (Å²) in [6.45, 7) is 12.4. The third-order valence-corrected chi connectivity index (χ3v) is 5.88. The maximum atomic E-state index is 2.50. The molecule has 0 saturated heterocycles. The summed E-state index contributed by atoms with van der Waals surface area (Å²) in [7, 11) is 0. The Hall–Kier alpha value is 0. The maximum Gasteiger partial charge on any atom is -0.0246 e. The predicted molar refractivity (Wildman–Crippen MR) is 53.0 cm³/mol. The highest BCUT2D eigenvalue weighted by molar-refractivity contribution is 5.12. The van der Waals surface area contributed by atoms with Crippen molar-refractivity contribution in [1.82, 2.24) is 0 Å². The van der Waals surface area contributed by atoms with E-state index in [0.29, 0.717) is 16.2 Å². The van der Waals surface area contributed by atoms with Gasteiger partial charge in [0, 0.05) is 0 Å². The van der Waals surface area contributed by atoms with E-state index in [1.165, 1.54) is 19.3 Å². The highest BCUT2D eigenvalue weighted by atomic mass is 14.7. The molecule has 12 heavy (non-hydrogen) atoms. The smallest absolute Gasteiger partial charge is 0.0246 e. The fourth-order valence-electron chi connectivity index (χ4n) is 3.71. The molecule has 0 heterocycles. The third-order valence-electron chi connectivity index (χ3n) is 5.88. The van der Waals surface area contributed by atoms with Crippen molar-refractivity contribution in [2.45, 2.75) is 53.9 Å². The standard InChI is InChI=1S/C12H22/c1-10(2)9-6-7-12(5,8-9)11(10,3)4/h9H,6-8H2,1-5H3. The second kappa shape index (κ2) is 1.91. The molecular formula is C12H22. The van der Waals surface area contributed by atoms with Crippen LogP contribution in [-0.2, 0) is 0 Å². The van der Waals surface area contributed by atoms with Gasteiger partial charge in [0.1, 0.15) is 0 Å². The summed E-state index contributed by atoms with van der Waals surface area (Å²) in [5.74, 6) is 0.998. The zero-order valence-corrected chi connectivity index (χ0v) is 9.20. The first-order valence-corrected chi connectivity index (χ1v) is 5.31. The first-order valence-electron chi connectivity index (χ1n) is 5.31. The monoisotopic (exact) mass is 166 g/mol. The summed E-state index contributed by atoms with van der Waals surface area (Å²) in [6.07, 6.45) is 4.42. The van der Waals surface area contributed by atoms with Crippen molar-refractivity contribution in [2.24, 2.45) is 22.2 Å². The van der Waals surface area contributed by atoms with E-state index in [-0.39, 0.29) is 0 Å². The van der Waals surface area contributed by atoms with Crippen LogP contribution in [0, 0.1) is 22.2 Å². The molecule has 2 saturated carbocycles. The molecule has 0 aromatic heterocycles. The van der Waals surface area contributed by atoms with Crippen LogP contribution in [0.15, 0.2) is 0 Å². The fraction of sp³-hybridized carbons (Fsp3) is 1.00. The van der Waals surface area contributed by atoms with Gasteiger partial charge in [-0.3, -0.25) is 0 Å². The Morgan fingerprint density at radius 2 is 1.58 bits per heavy atom. The molecule has 2 aliphatic carbocycles. The van der Waals surface area contributed by atoms with Gasteiger partial charge in [0.2, 0.25) is 0 Å².